The molecule has 0 atom stereocenters. The quantitative estimate of drug-likeness (QED) is 0.749. The van der Waals surface area contributed by atoms with E-state index in [4.69, 9.17) is 5.73 Å². The van der Waals surface area contributed by atoms with Crippen molar-refractivity contribution in [1.29, 1.82) is 0 Å². The van der Waals surface area contributed by atoms with E-state index in [0.29, 0.717) is 11.1 Å². The van der Waals surface area contributed by atoms with Crippen molar-refractivity contribution in [3.05, 3.63) is 61.1 Å². The summed E-state index contributed by atoms with van der Waals surface area (Å²) in [6, 6.07) is 6.43. The van der Waals surface area contributed by atoms with Gasteiger partial charge in [-0.25, -0.2) is 27.8 Å². The van der Waals surface area contributed by atoms with Crippen molar-refractivity contribution >= 4 is 21.5 Å². The fraction of sp³-hybridized carbons (Fsp3) is 0. The van der Waals surface area contributed by atoms with Crippen molar-refractivity contribution in [2.45, 2.75) is 4.90 Å². The Morgan fingerprint density at radius 3 is 2.38 bits per heavy atom. The highest BCUT2D eigenvalue weighted by Gasteiger charge is 2.24. The Morgan fingerprint density at radius 2 is 1.71 bits per heavy atom. The van der Waals surface area contributed by atoms with E-state index in [-0.39, 0.29) is 16.4 Å². The molecule has 0 fully saturated rings. The molecule has 0 radical (unpaired) electrons. The minimum atomic E-state index is -4.05. The lowest BCUT2D eigenvalue weighted by Crippen LogP contribution is -2.17. The summed E-state index contributed by atoms with van der Waals surface area (Å²) >= 11 is 0. The maximum atomic E-state index is 13.0. The number of benzene rings is 1. The van der Waals surface area contributed by atoms with E-state index in [2.05, 4.69) is 19.7 Å². The highest BCUT2D eigenvalue weighted by Crippen LogP contribution is 2.31. The van der Waals surface area contributed by atoms with Gasteiger partial charge in [0.2, 0.25) is 0 Å². The van der Waals surface area contributed by atoms with E-state index >= 15 is 0 Å². The van der Waals surface area contributed by atoms with Gasteiger partial charge >= 0.3 is 0 Å². The summed E-state index contributed by atoms with van der Waals surface area (Å²) in [6.45, 7) is 0. The van der Waals surface area contributed by atoms with Crippen LogP contribution in [0.3, 0.4) is 0 Å². The second-order valence-electron chi connectivity index (χ2n) is 4.81. The lowest BCUT2D eigenvalue weighted by Gasteiger charge is -2.13. The first kappa shape index (κ1) is 15.8. The Bertz CT molecular complexity index is 963. The van der Waals surface area contributed by atoms with Gasteiger partial charge < -0.3 is 5.73 Å². The van der Waals surface area contributed by atoms with Crippen molar-refractivity contribution in [2.75, 3.05) is 10.5 Å². The first-order chi connectivity index (χ1) is 11.5. The molecule has 1 aromatic carbocycles. The van der Waals surface area contributed by atoms with Crippen LogP contribution in [0.5, 0.6) is 0 Å². The third-order valence-electron chi connectivity index (χ3n) is 3.17. The summed E-state index contributed by atoms with van der Waals surface area (Å²) < 4.78 is 40.8. The van der Waals surface area contributed by atoms with Crippen LogP contribution in [0.15, 0.2) is 60.1 Å². The van der Waals surface area contributed by atoms with Crippen LogP contribution in [0.4, 0.5) is 15.9 Å². The fourth-order valence-corrected chi connectivity index (χ4v) is 3.49. The number of nitrogens with one attached hydrogen (secondary N) is 1. The molecule has 7 nitrogen and oxygen atoms in total. The van der Waals surface area contributed by atoms with E-state index in [9.17, 15) is 12.8 Å². The molecule has 2 aromatic heterocycles. The Balaban J connectivity index is 2.09. The first-order valence-electron chi connectivity index (χ1n) is 6.75. The lowest BCUT2D eigenvalue weighted by atomic mass is 10.1. The Labute approximate surface area is 137 Å². The van der Waals surface area contributed by atoms with Crippen LogP contribution in [-0.2, 0) is 10.0 Å². The second kappa shape index (κ2) is 6.20. The summed E-state index contributed by atoms with van der Waals surface area (Å²) in [5.41, 5.74) is 6.79. The van der Waals surface area contributed by atoms with Gasteiger partial charge in [0.25, 0.3) is 10.0 Å². The maximum absolute atomic E-state index is 13.0. The van der Waals surface area contributed by atoms with E-state index in [1.54, 1.807) is 0 Å². The Kier molecular flexibility index (Phi) is 4.09. The topological polar surface area (TPSA) is 111 Å². The highest BCUT2D eigenvalue weighted by molar-refractivity contribution is 7.93. The molecule has 3 aromatic rings. The van der Waals surface area contributed by atoms with Gasteiger partial charge in [0.15, 0.2) is 0 Å². The van der Waals surface area contributed by atoms with Crippen LogP contribution in [0, 0.1) is 5.82 Å². The molecule has 3 N–H and O–H groups in total. The number of aromatic nitrogens is 3. The minimum absolute atomic E-state index is 0.161. The summed E-state index contributed by atoms with van der Waals surface area (Å²) in [4.78, 5) is 11.4. The van der Waals surface area contributed by atoms with E-state index in [0.717, 1.165) is 12.1 Å². The van der Waals surface area contributed by atoms with Crippen LogP contribution in [-0.4, -0.2) is 23.4 Å². The second-order valence-corrected chi connectivity index (χ2v) is 6.43. The average Bonchev–Trinajstić information content (AvgIpc) is 2.57. The predicted molar refractivity (Wildman–Crippen MR) is 86.9 cm³/mol. The summed E-state index contributed by atoms with van der Waals surface area (Å²) in [5.74, 6) is -0.632. The highest BCUT2D eigenvalue weighted by atomic mass is 32.2. The molecule has 0 aliphatic heterocycles. The number of hydrogen-bond donors (Lipinski definition) is 2. The first-order valence-corrected chi connectivity index (χ1v) is 8.24. The number of hydrogen-bond acceptors (Lipinski definition) is 6. The maximum Gasteiger partial charge on any atom is 0.266 e. The molecule has 0 unspecified atom stereocenters. The molecule has 2 heterocycles. The van der Waals surface area contributed by atoms with Gasteiger partial charge in [0.1, 0.15) is 22.9 Å². The number of rotatable bonds is 4. The van der Waals surface area contributed by atoms with Gasteiger partial charge in [-0.2, -0.15) is 0 Å². The van der Waals surface area contributed by atoms with Crippen molar-refractivity contribution in [3.63, 3.8) is 0 Å². The molecule has 9 heteroatoms. The van der Waals surface area contributed by atoms with Crippen LogP contribution in [0.2, 0.25) is 0 Å². The smallest absolute Gasteiger partial charge is 0.266 e. The number of halogens is 1. The zero-order valence-corrected chi connectivity index (χ0v) is 13.0. The van der Waals surface area contributed by atoms with Crippen molar-refractivity contribution in [1.82, 2.24) is 15.0 Å². The molecule has 0 saturated heterocycles. The van der Waals surface area contributed by atoms with Crippen molar-refractivity contribution < 1.29 is 12.8 Å². The van der Waals surface area contributed by atoms with Crippen LogP contribution >= 0.6 is 0 Å². The van der Waals surface area contributed by atoms with Crippen LogP contribution < -0.4 is 10.5 Å². The van der Waals surface area contributed by atoms with Gasteiger partial charge in [0.05, 0.1) is 0 Å². The van der Waals surface area contributed by atoms with Gasteiger partial charge in [-0.1, -0.05) is 0 Å². The van der Waals surface area contributed by atoms with Gasteiger partial charge in [-0.15, -0.1) is 0 Å². The molecular formula is C15H12FN5O2S. The van der Waals surface area contributed by atoms with Gasteiger partial charge in [0, 0.05) is 35.4 Å². The molecular weight excluding hydrogens is 333 g/mol. The summed E-state index contributed by atoms with van der Waals surface area (Å²) in [5, 5.41) is 0. The van der Waals surface area contributed by atoms with Gasteiger partial charge in [-0.3, -0.25) is 4.72 Å². The SMILES string of the molecule is Nc1nccc(-c2cncnc2)c1S(=O)(=O)Nc1ccc(F)cc1. The number of sulfonamides is 1. The molecule has 0 saturated carbocycles. The normalized spacial score (nSPS) is 11.2. The third kappa shape index (κ3) is 3.15. The number of nitrogen functional groups attached to an aromatic ring is 1. The molecule has 0 bridgehead atoms. The van der Waals surface area contributed by atoms with Crippen molar-refractivity contribution in [2.24, 2.45) is 0 Å². The Morgan fingerprint density at radius 1 is 1.04 bits per heavy atom. The number of nitrogens with zero attached hydrogens (tertiary/aromatic N) is 3. The predicted octanol–water partition coefficient (Wildman–Crippen LogP) is 2.06. The zero-order valence-electron chi connectivity index (χ0n) is 12.2. The van der Waals surface area contributed by atoms with Crippen LogP contribution in [0.1, 0.15) is 0 Å². The minimum Gasteiger partial charge on any atom is -0.383 e. The summed E-state index contributed by atoms with van der Waals surface area (Å²) in [6.07, 6.45) is 5.67. The zero-order chi connectivity index (χ0) is 17.2. The summed E-state index contributed by atoms with van der Waals surface area (Å²) in [7, 11) is -4.05. The number of pyridine rings is 1. The molecule has 3 rings (SSSR count). The largest absolute Gasteiger partial charge is 0.383 e. The average molecular weight is 345 g/mol. The molecule has 0 spiro atoms. The van der Waals surface area contributed by atoms with E-state index < -0.39 is 15.8 Å². The molecule has 122 valence electrons. The van der Waals surface area contributed by atoms with E-state index in [1.165, 1.54) is 43.1 Å². The van der Waals surface area contributed by atoms with E-state index in [1.807, 2.05) is 0 Å². The Hall–Kier alpha value is -3.07. The van der Waals surface area contributed by atoms with Crippen LogP contribution in [0.25, 0.3) is 11.1 Å². The third-order valence-corrected chi connectivity index (χ3v) is 4.64. The number of anilines is 2. The molecule has 0 amide bonds. The molecule has 0 aliphatic rings. The lowest BCUT2D eigenvalue weighted by molar-refractivity contribution is 0.601. The molecule has 24 heavy (non-hydrogen) atoms. The van der Waals surface area contributed by atoms with Crippen molar-refractivity contribution in [3.8, 4) is 11.1 Å². The molecule has 0 aliphatic carbocycles. The van der Waals surface area contributed by atoms with Gasteiger partial charge in [-0.05, 0) is 30.3 Å². The monoisotopic (exact) mass is 345 g/mol. The standard InChI is InChI=1S/C15H12FN5O2S/c16-11-1-3-12(4-2-11)21-24(22,23)14-13(5-6-20-15(14)17)10-7-18-9-19-8-10/h1-9,21H,(H2,17,20). The fourth-order valence-electron chi connectivity index (χ4n) is 2.14. The number of nitrogens with two attached hydrogens (primary N) is 1.